The molecule has 2 atom stereocenters. The summed E-state index contributed by atoms with van der Waals surface area (Å²) in [5, 5.41) is 6.21. The van der Waals surface area contributed by atoms with Crippen molar-refractivity contribution in [1.82, 2.24) is 15.3 Å². The molecule has 37 heavy (non-hydrogen) atoms. The number of carbonyl (C=O) groups excluding carboxylic acids is 2. The maximum absolute atomic E-state index is 12.5. The van der Waals surface area contributed by atoms with Crippen LogP contribution in [0.2, 0.25) is 0 Å². The summed E-state index contributed by atoms with van der Waals surface area (Å²) in [7, 11) is 0. The van der Waals surface area contributed by atoms with E-state index in [0.717, 1.165) is 49.5 Å². The molecule has 5 rings (SSSR count). The van der Waals surface area contributed by atoms with E-state index in [-0.39, 0.29) is 18.6 Å². The summed E-state index contributed by atoms with van der Waals surface area (Å²) in [5.74, 6) is 2.19. The van der Waals surface area contributed by atoms with E-state index in [0.29, 0.717) is 49.4 Å². The molecule has 3 aliphatic rings. The standard InChI is InChI=1S/C26H34N6O5/c1-15-19-10-17(11-20(19)16(2)29-25(15)35-9-3-7-27)12-28-8-6-18-13-32(26(34)37-18)22-5-4-21-24(30-22)31-23(33)14-36-21/h4-5,17-18,28H,3,6-14,27H2,1-2H3,(H,30,31,33). The summed E-state index contributed by atoms with van der Waals surface area (Å²) in [6.07, 6.45) is 2.85. The number of anilines is 2. The van der Waals surface area contributed by atoms with E-state index < -0.39 is 6.09 Å². The molecule has 1 fully saturated rings. The lowest BCUT2D eigenvalue weighted by Gasteiger charge is -2.19. The van der Waals surface area contributed by atoms with Crippen LogP contribution in [-0.4, -0.2) is 67.5 Å². The molecular weight excluding hydrogens is 476 g/mol. The molecule has 0 saturated carbocycles. The molecule has 0 bridgehead atoms. The van der Waals surface area contributed by atoms with Gasteiger partial charge in [0.05, 0.1) is 13.2 Å². The molecule has 0 spiro atoms. The van der Waals surface area contributed by atoms with Crippen LogP contribution in [0.15, 0.2) is 12.1 Å². The molecule has 1 aliphatic carbocycles. The van der Waals surface area contributed by atoms with Crippen molar-refractivity contribution >= 4 is 23.6 Å². The van der Waals surface area contributed by atoms with Gasteiger partial charge in [-0.1, -0.05) is 0 Å². The highest BCUT2D eigenvalue weighted by atomic mass is 16.6. The zero-order chi connectivity index (χ0) is 25.9. The van der Waals surface area contributed by atoms with Gasteiger partial charge < -0.3 is 30.6 Å². The molecule has 11 heteroatoms. The van der Waals surface area contributed by atoms with E-state index in [1.807, 2.05) is 0 Å². The SMILES string of the molecule is Cc1nc(OCCCN)c(C)c2c1CC(CNCCC1CN(c3ccc4c(n3)NC(=O)CO4)C(=O)O1)C2. The van der Waals surface area contributed by atoms with Crippen molar-refractivity contribution < 1.29 is 23.8 Å². The number of cyclic esters (lactones) is 1. The minimum absolute atomic E-state index is 0.0391. The average molecular weight is 511 g/mol. The Bertz CT molecular complexity index is 1190. The van der Waals surface area contributed by atoms with Crippen LogP contribution >= 0.6 is 0 Å². The van der Waals surface area contributed by atoms with E-state index in [1.54, 1.807) is 12.1 Å². The average Bonchev–Trinajstić information content (AvgIpc) is 3.48. The fourth-order valence-corrected chi connectivity index (χ4v) is 5.14. The van der Waals surface area contributed by atoms with Crippen LogP contribution in [0.25, 0.3) is 0 Å². The van der Waals surface area contributed by atoms with E-state index in [1.165, 1.54) is 16.0 Å². The molecule has 2 aromatic heterocycles. The Morgan fingerprint density at radius 1 is 1.22 bits per heavy atom. The van der Waals surface area contributed by atoms with Gasteiger partial charge in [-0.15, -0.1) is 0 Å². The number of fused-ring (bicyclic) bond motifs is 2. The second-order valence-corrected chi connectivity index (χ2v) is 9.81. The number of hydrogen-bond acceptors (Lipinski definition) is 9. The molecule has 2 amide bonds. The quantitative estimate of drug-likeness (QED) is 0.409. The highest BCUT2D eigenvalue weighted by Crippen LogP contribution is 2.35. The fraction of sp³-hybridized carbons (Fsp3) is 0.538. The van der Waals surface area contributed by atoms with Gasteiger partial charge in [0.2, 0.25) is 5.88 Å². The molecule has 11 nitrogen and oxygen atoms in total. The Morgan fingerprint density at radius 3 is 2.89 bits per heavy atom. The smallest absolute Gasteiger partial charge is 0.415 e. The molecule has 0 radical (unpaired) electrons. The van der Waals surface area contributed by atoms with E-state index in [2.05, 4.69) is 29.5 Å². The highest BCUT2D eigenvalue weighted by molar-refractivity contribution is 5.95. The number of aromatic nitrogens is 2. The number of pyridine rings is 2. The van der Waals surface area contributed by atoms with Crippen molar-refractivity contribution in [3.05, 3.63) is 34.5 Å². The van der Waals surface area contributed by atoms with Gasteiger partial charge in [0.25, 0.3) is 5.91 Å². The lowest BCUT2D eigenvalue weighted by Crippen LogP contribution is -2.30. The second kappa shape index (κ2) is 10.9. The van der Waals surface area contributed by atoms with Gasteiger partial charge in [0, 0.05) is 11.3 Å². The Hall–Kier alpha value is -3.44. The van der Waals surface area contributed by atoms with Gasteiger partial charge in [0.15, 0.2) is 18.2 Å². The first-order valence-corrected chi connectivity index (χ1v) is 12.9. The number of nitrogens with zero attached hydrogens (tertiary/aromatic N) is 3. The van der Waals surface area contributed by atoms with Crippen LogP contribution in [0.3, 0.4) is 0 Å². The van der Waals surface area contributed by atoms with Crippen LogP contribution in [0.5, 0.6) is 11.6 Å². The lowest BCUT2D eigenvalue weighted by molar-refractivity contribution is -0.118. The van der Waals surface area contributed by atoms with Gasteiger partial charge in [-0.25, -0.2) is 14.8 Å². The summed E-state index contributed by atoms with van der Waals surface area (Å²) >= 11 is 0. The first-order valence-electron chi connectivity index (χ1n) is 12.9. The molecule has 2 aliphatic heterocycles. The maximum atomic E-state index is 12.5. The number of nitrogens with two attached hydrogens (primary N) is 1. The molecule has 1 saturated heterocycles. The Balaban J connectivity index is 1.09. The van der Waals surface area contributed by atoms with E-state index in [4.69, 9.17) is 24.9 Å². The molecular formula is C26H34N6O5. The van der Waals surface area contributed by atoms with Crippen molar-refractivity contribution in [3.8, 4) is 11.6 Å². The first kappa shape index (κ1) is 25.2. The predicted octanol–water partition coefficient (Wildman–Crippen LogP) is 1.87. The molecule has 2 aromatic rings. The number of hydrogen-bond donors (Lipinski definition) is 3. The van der Waals surface area contributed by atoms with Gasteiger partial charge in [-0.3, -0.25) is 9.69 Å². The molecule has 2 unspecified atom stereocenters. The molecule has 198 valence electrons. The Morgan fingerprint density at radius 2 is 2.05 bits per heavy atom. The summed E-state index contributed by atoms with van der Waals surface area (Å²) in [5.41, 5.74) is 10.5. The monoisotopic (exact) mass is 510 g/mol. The zero-order valence-corrected chi connectivity index (χ0v) is 21.3. The van der Waals surface area contributed by atoms with Crippen molar-refractivity contribution in [1.29, 1.82) is 0 Å². The topological polar surface area (TPSA) is 141 Å². The first-order chi connectivity index (χ1) is 17.9. The van der Waals surface area contributed by atoms with Gasteiger partial charge >= 0.3 is 6.09 Å². The van der Waals surface area contributed by atoms with Gasteiger partial charge in [-0.05, 0) is 88.3 Å². The van der Waals surface area contributed by atoms with Crippen LogP contribution in [0, 0.1) is 19.8 Å². The number of ether oxygens (including phenoxy) is 3. The van der Waals surface area contributed by atoms with Crippen molar-refractivity contribution in [3.63, 3.8) is 0 Å². The van der Waals surface area contributed by atoms with Crippen molar-refractivity contribution in [2.75, 3.05) is 49.6 Å². The number of carbonyl (C=O) groups is 2. The minimum Gasteiger partial charge on any atom is -0.480 e. The summed E-state index contributed by atoms with van der Waals surface area (Å²) in [6.45, 7) is 7.34. The van der Waals surface area contributed by atoms with Crippen molar-refractivity contribution in [2.45, 2.75) is 45.6 Å². The predicted molar refractivity (Wildman–Crippen MR) is 137 cm³/mol. The molecule has 4 N–H and O–H groups in total. The highest BCUT2D eigenvalue weighted by Gasteiger charge is 2.34. The number of aryl methyl sites for hydroxylation is 1. The van der Waals surface area contributed by atoms with Crippen molar-refractivity contribution in [2.24, 2.45) is 11.7 Å². The van der Waals surface area contributed by atoms with Crippen LogP contribution < -0.4 is 30.7 Å². The molecule has 0 aromatic carbocycles. The zero-order valence-electron chi connectivity index (χ0n) is 21.3. The largest absolute Gasteiger partial charge is 0.480 e. The maximum Gasteiger partial charge on any atom is 0.415 e. The lowest BCUT2D eigenvalue weighted by atomic mass is 10.0. The van der Waals surface area contributed by atoms with Gasteiger partial charge in [0.1, 0.15) is 11.9 Å². The number of amides is 2. The minimum atomic E-state index is -0.435. The van der Waals surface area contributed by atoms with Crippen LogP contribution in [-0.2, 0) is 22.4 Å². The number of nitrogens with one attached hydrogen (secondary N) is 2. The Kier molecular flexibility index (Phi) is 7.43. The molecule has 4 heterocycles. The summed E-state index contributed by atoms with van der Waals surface area (Å²) in [6, 6.07) is 3.40. The third-order valence-corrected chi connectivity index (χ3v) is 7.10. The third kappa shape index (κ3) is 5.47. The summed E-state index contributed by atoms with van der Waals surface area (Å²) < 4.78 is 16.8. The Labute approximate surface area is 216 Å². The van der Waals surface area contributed by atoms with Gasteiger partial charge in [-0.2, -0.15) is 0 Å². The van der Waals surface area contributed by atoms with E-state index in [9.17, 15) is 9.59 Å². The normalized spacial score (nSPS) is 20.2. The third-order valence-electron chi connectivity index (χ3n) is 7.10. The second-order valence-electron chi connectivity index (χ2n) is 9.81. The van der Waals surface area contributed by atoms with Crippen LogP contribution in [0.1, 0.15) is 35.2 Å². The fourth-order valence-electron chi connectivity index (χ4n) is 5.14. The summed E-state index contributed by atoms with van der Waals surface area (Å²) in [4.78, 5) is 34.6. The van der Waals surface area contributed by atoms with E-state index >= 15 is 0 Å². The number of rotatable bonds is 10. The van der Waals surface area contributed by atoms with Crippen LogP contribution in [0.4, 0.5) is 16.4 Å².